The van der Waals surface area contributed by atoms with E-state index in [0.29, 0.717) is 11.9 Å². The Morgan fingerprint density at radius 3 is 2.94 bits per heavy atom. The van der Waals surface area contributed by atoms with Gasteiger partial charge in [0.25, 0.3) is 0 Å². The van der Waals surface area contributed by atoms with Crippen molar-refractivity contribution in [3.63, 3.8) is 0 Å². The molecule has 1 aromatic rings. The SMILES string of the molecule is CCCCC(CCSC)Nc1nc(N)ncc1O. The van der Waals surface area contributed by atoms with E-state index in [1.165, 1.54) is 6.20 Å². The first-order valence-corrected chi connectivity index (χ1v) is 7.63. The fourth-order valence-electron chi connectivity index (χ4n) is 1.69. The standard InChI is InChI=1S/C12H22N4OS/c1-3-4-5-9(6-7-18-2)15-11-10(17)8-14-12(13)16-11/h8-9,17H,3-7H2,1-2H3,(H3,13,14,15,16). The minimum absolute atomic E-state index is 0.0508. The van der Waals surface area contributed by atoms with Crippen LogP contribution in [-0.4, -0.2) is 33.1 Å². The summed E-state index contributed by atoms with van der Waals surface area (Å²) in [5, 5.41) is 12.9. The van der Waals surface area contributed by atoms with Crippen LogP contribution in [0.15, 0.2) is 6.20 Å². The second kappa shape index (κ2) is 8.02. The van der Waals surface area contributed by atoms with Gasteiger partial charge in [-0.05, 0) is 24.9 Å². The predicted molar refractivity (Wildman–Crippen MR) is 78.0 cm³/mol. The van der Waals surface area contributed by atoms with Gasteiger partial charge in [-0.1, -0.05) is 19.8 Å². The van der Waals surface area contributed by atoms with E-state index in [2.05, 4.69) is 28.5 Å². The lowest BCUT2D eigenvalue weighted by Crippen LogP contribution is -2.21. The van der Waals surface area contributed by atoms with Crippen molar-refractivity contribution in [2.24, 2.45) is 0 Å². The van der Waals surface area contributed by atoms with Crippen molar-refractivity contribution in [2.45, 2.75) is 38.6 Å². The maximum Gasteiger partial charge on any atom is 0.222 e. The number of nitrogen functional groups attached to an aromatic ring is 1. The van der Waals surface area contributed by atoms with Crippen LogP contribution in [0, 0.1) is 0 Å². The minimum atomic E-state index is 0.0508. The molecule has 0 amide bonds. The van der Waals surface area contributed by atoms with Crippen molar-refractivity contribution < 1.29 is 5.11 Å². The molecule has 0 saturated heterocycles. The Balaban J connectivity index is 2.65. The smallest absolute Gasteiger partial charge is 0.222 e. The fourth-order valence-corrected chi connectivity index (χ4v) is 2.21. The van der Waals surface area contributed by atoms with Crippen LogP contribution in [0.5, 0.6) is 5.75 Å². The Morgan fingerprint density at radius 2 is 2.28 bits per heavy atom. The summed E-state index contributed by atoms with van der Waals surface area (Å²) in [5.41, 5.74) is 5.53. The Morgan fingerprint density at radius 1 is 1.50 bits per heavy atom. The summed E-state index contributed by atoms with van der Waals surface area (Å²) in [5.74, 6) is 1.75. The van der Waals surface area contributed by atoms with Gasteiger partial charge >= 0.3 is 0 Å². The van der Waals surface area contributed by atoms with Gasteiger partial charge < -0.3 is 16.2 Å². The van der Waals surface area contributed by atoms with Gasteiger partial charge in [0.1, 0.15) is 0 Å². The zero-order valence-corrected chi connectivity index (χ0v) is 11.8. The number of aromatic hydroxyl groups is 1. The monoisotopic (exact) mass is 270 g/mol. The van der Waals surface area contributed by atoms with Gasteiger partial charge in [0.05, 0.1) is 6.20 Å². The van der Waals surface area contributed by atoms with Crippen molar-refractivity contribution in [1.82, 2.24) is 9.97 Å². The summed E-state index contributed by atoms with van der Waals surface area (Å²) in [4.78, 5) is 7.77. The molecule has 0 aliphatic carbocycles. The third kappa shape index (κ3) is 5.00. The number of unbranched alkanes of at least 4 members (excludes halogenated alkanes) is 1. The van der Waals surface area contributed by atoms with Crippen molar-refractivity contribution in [3.8, 4) is 5.75 Å². The lowest BCUT2D eigenvalue weighted by Gasteiger charge is -2.19. The van der Waals surface area contributed by atoms with Crippen molar-refractivity contribution >= 4 is 23.5 Å². The molecule has 0 fully saturated rings. The normalized spacial score (nSPS) is 12.3. The highest BCUT2D eigenvalue weighted by Gasteiger charge is 2.12. The van der Waals surface area contributed by atoms with E-state index in [9.17, 15) is 5.11 Å². The van der Waals surface area contributed by atoms with Crippen LogP contribution in [0.4, 0.5) is 11.8 Å². The molecular formula is C12H22N4OS. The van der Waals surface area contributed by atoms with E-state index in [1.807, 2.05) is 11.8 Å². The molecule has 1 unspecified atom stereocenters. The molecule has 1 heterocycles. The molecule has 1 atom stereocenters. The van der Waals surface area contributed by atoms with Crippen molar-refractivity contribution in [2.75, 3.05) is 23.1 Å². The molecular weight excluding hydrogens is 248 g/mol. The van der Waals surface area contributed by atoms with E-state index in [0.717, 1.165) is 31.4 Å². The average molecular weight is 270 g/mol. The fraction of sp³-hybridized carbons (Fsp3) is 0.667. The van der Waals surface area contributed by atoms with Crippen LogP contribution in [0.2, 0.25) is 0 Å². The first kappa shape index (κ1) is 14.9. The van der Waals surface area contributed by atoms with Gasteiger partial charge in [-0.2, -0.15) is 16.7 Å². The Kier molecular flexibility index (Phi) is 6.64. The van der Waals surface area contributed by atoms with Crippen LogP contribution in [0.1, 0.15) is 32.6 Å². The number of hydrogen-bond acceptors (Lipinski definition) is 6. The number of nitrogens with two attached hydrogens (primary N) is 1. The summed E-state index contributed by atoms with van der Waals surface area (Å²) in [7, 11) is 0. The molecule has 4 N–H and O–H groups in total. The highest BCUT2D eigenvalue weighted by molar-refractivity contribution is 7.98. The second-order valence-corrected chi connectivity index (χ2v) is 5.21. The summed E-state index contributed by atoms with van der Waals surface area (Å²) >= 11 is 1.82. The van der Waals surface area contributed by atoms with Gasteiger partial charge in [0.2, 0.25) is 5.95 Å². The van der Waals surface area contributed by atoms with E-state index in [4.69, 9.17) is 5.73 Å². The van der Waals surface area contributed by atoms with Gasteiger partial charge in [-0.25, -0.2) is 4.98 Å². The first-order chi connectivity index (χ1) is 8.67. The number of nitrogens with zero attached hydrogens (tertiary/aromatic N) is 2. The number of anilines is 2. The zero-order chi connectivity index (χ0) is 13.4. The van der Waals surface area contributed by atoms with Gasteiger partial charge in [-0.15, -0.1) is 0 Å². The van der Waals surface area contributed by atoms with Crippen LogP contribution < -0.4 is 11.1 Å². The molecule has 0 aliphatic heterocycles. The molecule has 18 heavy (non-hydrogen) atoms. The van der Waals surface area contributed by atoms with Crippen molar-refractivity contribution in [1.29, 1.82) is 0 Å². The average Bonchev–Trinajstić information content (AvgIpc) is 2.37. The predicted octanol–water partition coefficient (Wildman–Crippen LogP) is 2.49. The molecule has 0 radical (unpaired) electrons. The van der Waals surface area contributed by atoms with E-state index < -0.39 is 0 Å². The maximum atomic E-state index is 9.69. The Hall–Kier alpha value is -1.17. The number of nitrogens with one attached hydrogen (secondary N) is 1. The Labute approximate surface area is 113 Å². The number of aromatic nitrogens is 2. The number of thioether (sulfide) groups is 1. The second-order valence-electron chi connectivity index (χ2n) is 4.23. The molecule has 5 nitrogen and oxygen atoms in total. The van der Waals surface area contributed by atoms with Crippen LogP contribution in [0.25, 0.3) is 0 Å². The summed E-state index contributed by atoms with van der Waals surface area (Å²) in [6, 6.07) is 0.317. The highest BCUT2D eigenvalue weighted by Crippen LogP contribution is 2.22. The zero-order valence-electron chi connectivity index (χ0n) is 11.0. The quantitative estimate of drug-likeness (QED) is 0.673. The molecule has 0 bridgehead atoms. The third-order valence-electron chi connectivity index (χ3n) is 2.71. The largest absolute Gasteiger partial charge is 0.503 e. The van der Waals surface area contributed by atoms with Gasteiger partial charge in [0, 0.05) is 6.04 Å². The third-order valence-corrected chi connectivity index (χ3v) is 3.35. The van der Waals surface area contributed by atoms with Crippen LogP contribution in [-0.2, 0) is 0 Å². The molecule has 1 aromatic heterocycles. The minimum Gasteiger partial charge on any atom is -0.503 e. The summed E-state index contributed by atoms with van der Waals surface area (Å²) in [6.45, 7) is 2.17. The van der Waals surface area contributed by atoms with Crippen LogP contribution in [0.3, 0.4) is 0 Å². The van der Waals surface area contributed by atoms with E-state index in [1.54, 1.807) is 0 Å². The lowest BCUT2D eigenvalue weighted by atomic mass is 10.1. The molecule has 0 aromatic carbocycles. The maximum absolute atomic E-state index is 9.69. The molecule has 0 saturated carbocycles. The molecule has 0 aliphatic rings. The van der Waals surface area contributed by atoms with Crippen molar-refractivity contribution in [3.05, 3.63) is 6.20 Å². The molecule has 102 valence electrons. The Bertz CT molecular complexity index is 354. The summed E-state index contributed by atoms with van der Waals surface area (Å²) < 4.78 is 0. The van der Waals surface area contributed by atoms with E-state index >= 15 is 0 Å². The lowest BCUT2D eigenvalue weighted by molar-refractivity contribution is 0.469. The molecule has 6 heteroatoms. The van der Waals surface area contributed by atoms with E-state index in [-0.39, 0.29) is 11.7 Å². The number of rotatable bonds is 8. The van der Waals surface area contributed by atoms with Gasteiger partial charge in [-0.3, -0.25) is 0 Å². The molecule has 1 rings (SSSR count). The first-order valence-electron chi connectivity index (χ1n) is 6.24. The number of hydrogen-bond donors (Lipinski definition) is 3. The summed E-state index contributed by atoms with van der Waals surface area (Å²) in [6.07, 6.45) is 7.86. The highest BCUT2D eigenvalue weighted by atomic mass is 32.2. The van der Waals surface area contributed by atoms with Gasteiger partial charge in [0.15, 0.2) is 11.6 Å². The topological polar surface area (TPSA) is 84.1 Å². The molecule has 0 spiro atoms. The van der Waals surface area contributed by atoms with Crippen LogP contribution >= 0.6 is 11.8 Å².